The van der Waals surface area contributed by atoms with Gasteiger partial charge < -0.3 is 11.2 Å². The fraction of sp³-hybridized carbons (Fsp3) is 0.192. The second kappa shape index (κ2) is 8.05. The molecule has 2 aromatic carbocycles. The number of hydrogen-bond acceptors (Lipinski definition) is 5. The van der Waals surface area contributed by atoms with Gasteiger partial charge in [-0.3, -0.25) is 9.36 Å². The molecule has 2 heterocycles. The summed E-state index contributed by atoms with van der Waals surface area (Å²) in [6.45, 7) is 0. The molecule has 4 aromatic rings. The first-order chi connectivity index (χ1) is 15.6. The van der Waals surface area contributed by atoms with Crippen molar-refractivity contribution in [2.75, 3.05) is 7.05 Å². The largest absolute Gasteiger partial charge is 0.321 e. The number of benzene rings is 2. The molecule has 1 aliphatic rings. The van der Waals surface area contributed by atoms with E-state index >= 15 is 0 Å². The molecule has 0 unspecified atom stereocenters. The number of pyridine rings is 2. The Morgan fingerprint density at radius 2 is 1.81 bits per heavy atom. The van der Waals surface area contributed by atoms with Gasteiger partial charge in [0.25, 0.3) is 0 Å². The van der Waals surface area contributed by atoms with Crippen molar-refractivity contribution in [2.45, 2.75) is 24.8 Å². The summed E-state index contributed by atoms with van der Waals surface area (Å²) < 4.78 is 1.45. The Kier molecular flexibility index (Phi) is 5.07. The van der Waals surface area contributed by atoms with E-state index in [9.17, 15) is 4.79 Å². The smallest absolute Gasteiger partial charge is 0.219 e. The van der Waals surface area contributed by atoms with Crippen LogP contribution in [0.5, 0.6) is 0 Å². The molecule has 6 heteroatoms. The van der Waals surface area contributed by atoms with Crippen LogP contribution in [0.4, 0.5) is 0 Å². The third-order valence-electron chi connectivity index (χ3n) is 6.33. The summed E-state index contributed by atoms with van der Waals surface area (Å²) in [5.74, 6) is 0. The Morgan fingerprint density at radius 1 is 1.06 bits per heavy atom. The van der Waals surface area contributed by atoms with Crippen molar-refractivity contribution >= 4 is 17.3 Å². The molecule has 0 saturated heterocycles. The molecular formula is C26H25N5O. The summed E-state index contributed by atoms with van der Waals surface area (Å²) in [6.07, 6.45) is 5.67. The van der Waals surface area contributed by atoms with Crippen molar-refractivity contribution in [3.63, 3.8) is 0 Å². The Hall–Kier alpha value is -3.77. The summed E-state index contributed by atoms with van der Waals surface area (Å²) >= 11 is 0. The van der Waals surface area contributed by atoms with E-state index < -0.39 is 0 Å². The molecule has 2 aromatic heterocycles. The summed E-state index contributed by atoms with van der Waals surface area (Å²) in [5, 5.41) is 5.12. The average molecular weight is 424 g/mol. The van der Waals surface area contributed by atoms with Crippen LogP contribution in [0.25, 0.3) is 33.3 Å². The van der Waals surface area contributed by atoms with Gasteiger partial charge in [-0.15, -0.1) is 0 Å². The van der Waals surface area contributed by atoms with Crippen LogP contribution in [0.3, 0.4) is 0 Å². The molecular weight excluding hydrogens is 398 g/mol. The van der Waals surface area contributed by atoms with Crippen molar-refractivity contribution in [3.05, 3.63) is 84.0 Å². The standard InChI is InChI=1S/C26H25N5O/c1-28-30-25-22-16-21(18-6-3-2-4-7-18)24(29-23(22)12-15-31(25)17-32)19-8-10-20(11-9-19)26(27)13-5-14-26/h2-4,6-12,15-17,28H,5,13-14,27H2,1H3/b30-25-. The average Bonchev–Trinajstić information content (AvgIpc) is 2.83. The third-order valence-corrected chi connectivity index (χ3v) is 6.33. The Bertz CT molecular complexity index is 1350. The molecule has 0 aliphatic heterocycles. The maximum atomic E-state index is 11.6. The minimum absolute atomic E-state index is 0.191. The topological polar surface area (TPSA) is 85.3 Å². The van der Waals surface area contributed by atoms with Crippen molar-refractivity contribution in [1.82, 2.24) is 15.0 Å². The first-order valence-electron chi connectivity index (χ1n) is 10.8. The highest BCUT2D eigenvalue weighted by molar-refractivity contribution is 5.91. The second-order valence-electron chi connectivity index (χ2n) is 8.26. The molecule has 160 valence electrons. The van der Waals surface area contributed by atoms with E-state index in [1.165, 1.54) is 16.6 Å². The number of hydrogen-bond donors (Lipinski definition) is 2. The zero-order chi connectivity index (χ0) is 22.1. The van der Waals surface area contributed by atoms with Gasteiger partial charge in [0.15, 0.2) is 5.49 Å². The van der Waals surface area contributed by atoms with Gasteiger partial charge in [0.2, 0.25) is 6.41 Å². The van der Waals surface area contributed by atoms with Crippen LogP contribution in [0.2, 0.25) is 0 Å². The van der Waals surface area contributed by atoms with Crippen molar-refractivity contribution in [2.24, 2.45) is 10.8 Å². The van der Waals surface area contributed by atoms with Crippen LogP contribution in [0.1, 0.15) is 24.8 Å². The number of carbonyl (C=O) groups excluding carboxylic acids is 1. The van der Waals surface area contributed by atoms with Gasteiger partial charge in [0, 0.05) is 35.3 Å². The van der Waals surface area contributed by atoms with Crippen LogP contribution >= 0.6 is 0 Å². The SMILES string of the molecule is CN/N=c1/c2cc(-c3ccccc3)c(-c3ccc(C4(N)CCC4)cc3)nc2ccn1C=O. The number of nitrogens with two attached hydrogens (primary N) is 1. The van der Waals surface area contributed by atoms with Crippen molar-refractivity contribution < 1.29 is 4.79 Å². The number of nitrogens with zero attached hydrogens (tertiary/aromatic N) is 3. The summed E-state index contributed by atoms with van der Waals surface area (Å²) in [4.78, 5) is 16.6. The predicted molar refractivity (Wildman–Crippen MR) is 127 cm³/mol. The Balaban J connectivity index is 1.74. The van der Waals surface area contributed by atoms with Crippen LogP contribution in [0, 0.1) is 0 Å². The maximum absolute atomic E-state index is 11.6. The lowest BCUT2D eigenvalue weighted by Crippen LogP contribution is -2.43. The lowest BCUT2D eigenvalue weighted by atomic mass is 9.72. The molecule has 3 N–H and O–H groups in total. The highest BCUT2D eigenvalue weighted by atomic mass is 16.1. The van der Waals surface area contributed by atoms with Crippen LogP contribution < -0.4 is 16.6 Å². The molecule has 6 nitrogen and oxygen atoms in total. The van der Waals surface area contributed by atoms with Gasteiger partial charge in [-0.1, -0.05) is 54.6 Å². The Labute approximate surface area is 186 Å². The van der Waals surface area contributed by atoms with E-state index in [0.717, 1.165) is 52.5 Å². The maximum Gasteiger partial charge on any atom is 0.219 e. The summed E-state index contributed by atoms with van der Waals surface area (Å²) in [7, 11) is 1.71. The minimum atomic E-state index is -0.191. The third kappa shape index (κ3) is 3.39. The molecule has 1 fully saturated rings. The zero-order valence-electron chi connectivity index (χ0n) is 18.0. The monoisotopic (exact) mass is 423 g/mol. The molecule has 0 bridgehead atoms. The Morgan fingerprint density at radius 3 is 2.44 bits per heavy atom. The van der Waals surface area contributed by atoms with E-state index in [4.69, 9.17) is 10.7 Å². The molecule has 0 spiro atoms. The normalized spacial score (nSPS) is 15.4. The molecule has 1 saturated carbocycles. The van der Waals surface area contributed by atoms with Crippen LogP contribution in [0.15, 0.2) is 78.0 Å². The minimum Gasteiger partial charge on any atom is -0.321 e. The van der Waals surface area contributed by atoms with E-state index in [1.807, 2.05) is 24.3 Å². The summed E-state index contributed by atoms with van der Waals surface area (Å²) in [5.41, 5.74) is 15.5. The van der Waals surface area contributed by atoms with E-state index in [-0.39, 0.29) is 5.54 Å². The predicted octanol–water partition coefficient (Wildman–Crippen LogP) is 3.78. The quantitative estimate of drug-likeness (QED) is 0.378. The molecule has 0 atom stereocenters. The molecule has 0 radical (unpaired) electrons. The number of fused-ring (bicyclic) bond motifs is 1. The second-order valence-corrected chi connectivity index (χ2v) is 8.26. The molecule has 0 amide bonds. The van der Waals surface area contributed by atoms with Gasteiger partial charge in [-0.25, -0.2) is 4.98 Å². The lowest BCUT2D eigenvalue weighted by Gasteiger charge is -2.38. The highest BCUT2D eigenvalue weighted by Crippen LogP contribution is 2.40. The lowest BCUT2D eigenvalue weighted by molar-refractivity contribution is 0.253. The van der Waals surface area contributed by atoms with Gasteiger partial charge >= 0.3 is 0 Å². The fourth-order valence-corrected chi connectivity index (χ4v) is 4.37. The van der Waals surface area contributed by atoms with E-state index in [2.05, 4.69) is 53.0 Å². The van der Waals surface area contributed by atoms with E-state index in [0.29, 0.717) is 5.49 Å². The van der Waals surface area contributed by atoms with Crippen molar-refractivity contribution in [3.8, 4) is 22.4 Å². The van der Waals surface area contributed by atoms with Crippen LogP contribution in [-0.4, -0.2) is 23.0 Å². The molecule has 32 heavy (non-hydrogen) atoms. The first-order valence-corrected chi connectivity index (χ1v) is 10.8. The number of aromatic nitrogens is 2. The van der Waals surface area contributed by atoms with Gasteiger partial charge in [0.1, 0.15) is 0 Å². The number of nitrogens with one attached hydrogen (secondary N) is 1. The van der Waals surface area contributed by atoms with E-state index in [1.54, 1.807) is 13.2 Å². The molecule has 1 aliphatic carbocycles. The number of rotatable bonds is 5. The van der Waals surface area contributed by atoms with Gasteiger partial charge in [-0.2, -0.15) is 5.10 Å². The zero-order valence-corrected chi connectivity index (χ0v) is 18.0. The van der Waals surface area contributed by atoms with Crippen LogP contribution in [-0.2, 0) is 10.3 Å². The number of carbonyl (C=O) groups is 1. The first kappa shape index (κ1) is 20.2. The van der Waals surface area contributed by atoms with Crippen molar-refractivity contribution in [1.29, 1.82) is 0 Å². The fourth-order valence-electron chi connectivity index (χ4n) is 4.37. The highest BCUT2D eigenvalue weighted by Gasteiger charge is 2.34. The molecule has 5 rings (SSSR count). The van der Waals surface area contributed by atoms with Gasteiger partial charge in [0.05, 0.1) is 11.2 Å². The summed E-state index contributed by atoms with van der Waals surface area (Å²) in [6, 6.07) is 22.5. The van der Waals surface area contributed by atoms with Gasteiger partial charge in [-0.05, 0) is 42.5 Å².